The lowest BCUT2D eigenvalue weighted by Gasteiger charge is -2.10. The number of hydrogen-bond donors (Lipinski definition) is 1. The van der Waals surface area contributed by atoms with Crippen LogP contribution in [0.2, 0.25) is 0 Å². The van der Waals surface area contributed by atoms with Gasteiger partial charge in [0.2, 0.25) is 0 Å². The van der Waals surface area contributed by atoms with Gasteiger partial charge in [0.1, 0.15) is 12.4 Å². The molecule has 1 rings (SSSR count). The second kappa shape index (κ2) is 8.58. The van der Waals surface area contributed by atoms with E-state index in [-0.39, 0.29) is 0 Å². The van der Waals surface area contributed by atoms with Crippen LogP contribution in [0.25, 0.3) is 0 Å². The molecule has 0 aromatic heterocycles. The van der Waals surface area contributed by atoms with Crippen molar-refractivity contribution in [3.05, 3.63) is 29.3 Å². The number of aryl methyl sites for hydroxylation is 1. The Morgan fingerprint density at radius 2 is 2.05 bits per heavy atom. The molecule has 0 saturated carbocycles. The molecule has 2 N–H and O–H groups in total. The summed E-state index contributed by atoms with van der Waals surface area (Å²) in [6, 6.07) is 5.96. The van der Waals surface area contributed by atoms with E-state index in [2.05, 4.69) is 25.7 Å². The highest BCUT2D eigenvalue weighted by Gasteiger charge is 2.02. The molecule has 1 aromatic carbocycles. The van der Waals surface area contributed by atoms with Crippen molar-refractivity contribution in [1.82, 2.24) is 0 Å². The van der Waals surface area contributed by atoms with Crippen molar-refractivity contribution in [2.45, 2.75) is 20.8 Å². The van der Waals surface area contributed by atoms with Gasteiger partial charge in [-0.25, -0.2) is 0 Å². The predicted molar refractivity (Wildman–Crippen MR) is 78.3 cm³/mol. The fourth-order valence-electron chi connectivity index (χ4n) is 1.54. The Hall–Kier alpha value is -1.50. The Labute approximate surface area is 116 Å². The molecule has 0 heterocycles. The van der Waals surface area contributed by atoms with Crippen molar-refractivity contribution in [3.8, 4) is 17.6 Å². The highest BCUT2D eigenvalue weighted by atomic mass is 16.5. The minimum Gasteiger partial charge on any atom is -0.490 e. The van der Waals surface area contributed by atoms with E-state index < -0.39 is 0 Å². The first-order chi connectivity index (χ1) is 9.13. The average Bonchev–Trinajstić information content (AvgIpc) is 2.37. The lowest BCUT2D eigenvalue weighted by molar-refractivity contribution is 0.0818. The maximum Gasteiger partial charge on any atom is 0.135 e. The zero-order valence-electron chi connectivity index (χ0n) is 12.0. The van der Waals surface area contributed by atoms with Crippen LogP contribution in [0.5, 0.6) is 5.75 Å². The van der Waals surface area contributed by atoms with Crippen LogP contribution in [-0.2, 0) is 4.74 Å². The van der Waals surface area contributed by atoms with Crippen LogP contribution < -0.4 is 10.5 Å². The number of rotatable bonds is 6. The third-order valence-electron chi connectivity index (χ3n) is 2.40. The van der Waals surface area contributed by atoms with Crippen molar-refractivity contribution >= 4 is 0 Å². The number of ether oxygens (including phenoxy) is 2. The largest absolute Gasteiger partial charge is 0.490 e. The van der Waals surface area contributed by atoms with Gasteiger partial charge in [-0.15, -0.1) is 0 Å². The van der Waals surface area contributed by atoms with Gasteiger partial charge in [0, 0.05) is 6.61 Å². The van der Waals surface area contributed by atoms with Crippen LogP contribution in [0.4, 0.5) is 0 Å². The van der Waals surface area contributed by atoms with Gasteiger partial charge < -0.3 is 15.2 Å². The second-order valence-corrected chi connectivity index (χ2v) is 4.82. The van der Waals surface area contributed by atoms with Gasteiger partial charge in [-0.3, -0.25) is 0 Å². The van der Waals surface area contributed by atoms with E-state index >= 15 is 0 Å². The van der Waals surface area contributed by atoms with Gasteiger partial charge in [-0.05, 0) is 30.5 Å². The van der Waals surface area contributed by atoms with Crippen molar-refractivity contribution < 1.29 is 9.47 Å². The number of hydrogen-bond acceptors (Lipinski definition) is 3. The zero-order valence-corrected chi connectivity index (χ0v) is 12.0. The highest BCUT2D eigenvalue weighted by molar-refractivity contribution is 5.48. The molecule has 0 atom stereocenters. The lowest BCUT2D eigenvalue weighted by Crippen LogP contribution is -2.10. The van der Waals surface area contributed by atoms with E-state index in [0.717, 1.165) is 23.5 Å². The van der Waals surface area contributed by atoms with E-state index in [1.807, 2.05) is 25.1 Å². The van der Waals surface area contributed by atoms with Crippen LogP contribution in [0.3, 0.4) is 0 Å². The third kappa shape index (κ3) is 6.28. The molecular weight excluding hydrogens is 238 g/mol. The molecule has 0 amide bonds. The maximum absolute atomic E-state index is 5.70. The first-order valence-electron chi connectivity index (χ1n) is 6.63. The summed E-state index contributed by atoms with van der Waals surface area (Å²) in [7, 11) is 0. The summed E-state index contributed by atoms with van der Waals surface area (Å²) in [5, 5.41) is 0. The Kier molecular flexibility index (Phi) is 7.02. The van der Waals surface area contributed by atoms with Gasteiger partial charge in [0.15, 0.2) is 0 Å². The van der Waals surface area contributed by atoms with Crippen molar-refractivity contribution in [1.29, 1.82) is 0 Å². The van der Waals surface area contributed by atoms with E-state index in [4.69, 9.17) is 15.2 Å². The first kappa shape index (κ1) is 15.6. The van der Waals surface area contributed by atoms with Gasteiger partial charge in [0.05, 0.1) is 18.7 Å². The Morgan fingerprint density at radius 3 is 2.74 bits per heavy atom. The standard InChI is InChI=1S/C16H23NO2/c1-13(2)12-18-9-10-19-16-7-6-14(3)11-15(16)5-4-8-17/h6-7,11,13H,8-10,12,17H2,1-3H3. The van der Waals surface area contributed by atoms with Crippen LogP contribution in [0.1, 0.15) is 25.0 Å². The smallest absolute Gasteiger partial charge is 0.135 e. The van der Waals surface area contributed by atoms with Gasteiger partial charge in [-0.1, -0.05) is 31.8 Å². The van der Waals surface area contributed by atoms with Crippen LogP contribution in [0, 0.1) is 24.7 Å². The number of nitrogens with two attached hydrogens (primary N) is 1. The molecule has 0 saturated heterocycles. The van der Waals surface area contributed by atoms with Crippen LogP contribution >= 0.6 is 0 Å². The Morgan fingerprint density at radius 1 is 1.26 bits per heavy atom. The molecule has 3 nitrogen and oxygen atoms in total. The zero-order chi connectivity index (χ0) is 14.1. The summed E-state index contributed by atoms with van der Waals surface area (Å²) in [6.07, 6.45) is 0. The van der Waals surface area contributed by atoms with Crippen molar-refractivity contribution in [2.24, 2.45) is 11.7 Å². The molecule has 19 heavy (non-hydrogen) atoms. The minimum absolute atomic E-state index is 0.352. The quantitative estimate of drug-likeness (QED) is 0.631. The highest BCUT2D eigenvalue weighted by Crippen LogP contribution is 2.18. The van der Waals surface area contributed by atoms with Gasteiger partial charge >= 0.3 is 0 Å². The molecule has 0 unspecified atom stereocenters. The summed E-state index contributed by atoms with van der Waals surface area (Å²) in [6.45, 7) is 8.52. The summed E-state index contributed by atoms with van der Waals surface area (Å²) in [5.74, 6) is 7.23. The second-order valence-electron chi connectivity index (χ2n) is 4.82. The summed E-state index contributed by atoms with van der Waals surface area (Å²) in [4.78, 5) is 0. The Bertz CT molecular complexity index is 444. The molecule has 0 aliphatic heterocycles. The maximum atomic E-state index is 5.70. The topological polar surface area (TPSA) is 44.5 Å². The molecule has 0 radical (unpaired) electrons. The fraction of sp³-hybridized carbons (Fsp3) is 0.500. The minimum atomic E-state index is 0.352. The van der Waals surface area contributed by atoms with Crippen molar-refractivity contribution in [2.75, 3.05) is 26.4 Å². The fourth-order valence-corrected chi connectivity index (χ4v) is 1.54. The SMILES string of the molecule is Cc1ccc(OCCOCC(C)C)c(C#CCN)c1. The summed E-state index contributed by atoms with van der Waals surface area (Å²) >= 11 is 0. The summed E-state index contributed by atoms with van der Waals surface area (Å²) < 4.78 is 11.2. The molecule has 0 aliphatic rings. The third-order valence-corrected chi connectivity index (χ3v) is 2.40. The van der Waals surface area contributed by atoms with E-state index in [1.54, 1.807) is 0 Å². The molecule has 104 valence electrons. The average molecular weight is 261 g/mol. The first-order valence-corrected chi connectivity index (χ1v) is 6.63. The van der Waals surface area contributed by atoms with Crippen LogP contribution in [-0.4, -0.2) is 26.4 Å². The van der Waals surface area contributed by atoms with Crippen molar-refractivity contribution in [3.63, 3.8) is 0 Å². The van der Waals surface area contributed by atoms with E-state index in [9.17, 15) is 0 Å². The van der Waals surface area contributed by atoms with E-state index in [1.165, 1.54) is 0 Å². The Balaban J connectivity index is 2.52. The molecule has 0 aliphatic carbocycles. The molecule has 3 heteroatoms. The predicted octanol–water partition coefficient (Wildman–Crippen LogP) is 2.36. The molecular formula is C16H23NO2. The van der Waals surface area contributed by atoms with E-state index in [0.29, 0.717) is 25.7 Å². The normalized spacial score (nSPS) is 10.2. The number of benzene rings is 1. The summed E-state index contributed by atoms with van der Waals surface area (Å²) in [5.41, 5.74) is 7.44. The van der Waals surface area contributed by atoms with Gasteiger partial charge in [-0.2, -0.15) is 0 Å². The lowest BCUT2D eigenvalue weighted by atomic mass is 10.1. The van der Waals surface area contributed by atoms with Gasteiger partial charge in [0.25, 0.3) is 0 Å². The molecule has 1 aromatic rings. The molecule has 0 bridgehead atoms. The molecule has 0 spiro atoms. The van der Waals surface area contributed by atoms with Crippen LogP contribution in [0.15, 0.2) is 18.2 Å². The monoisotopic (exact) mass is 261 g/mol. The molecule has 0 fully saturated rings.